The van der Waals surface area contributed by atoms with Crippen molar-refractivity contribution in [3.05, 3.63) is 90.1 Å². The third-order valence-electron chi connectivity index (χ3n) is 4.55. The first-order chi connectivity index (χ1) is 11.3. The fourth-order valence-electron chi connectivity index (χ4n) is 3.54. The minimum Gasteiger partial charge on any atom is -0.315 e. The molecule has 1 aliphatic rings. The average molecular weight is 295 g/mol. The molecule has 0 unspecified atom stereocenters. The van der Waals surface area contributed by atoms with E-state index in [-0.39, 0.29) is 5.78 Å². The molecule has 1 heterocycles. The van der Waals surface area contributed by atoms with E-state index in [4.69, 9.17) is 0 Å². The third kappa shape index (κ3) is 1.60. The molecule has 3 aromatic carbocycles. The summed E-state index contributed by atoms with van der Waals surface area (Å²) in [5.74, 6) is 0.115. The summed E-state index contributed by atoms with van der Waals surface area (Å²) in [5, 5.41) is 2.16. The van der Waals surface area contributed by atoms with E-state index in [0.717, 1.165) is 38.8 Å². The van der Waals surface area contributed by atoms with Crippen molar-refractivity contribution < 1.29 is 4.79 Å². The van der Waals surface area contributed by atoms with E-state index in [1.54, 1.807) is 0 Å². The smallest absolute Gasteiger partial charge is 0.194 e. The Bertz CT molecular complexity index is 1070. The molecule has 0 aliphatic heterocycles. The van der Waals surface area contributed by atoms with Gasteiger partial charge in [0.1, 0.15) is 0 Å². The quantitative estimate of drug-likeness (QED) is 0.433. The second-order valence-corrected chi connectivity index (χ2v) is 5.83. The molecule has 0 saturated carbocycles. The van der Waals surface area contributed by atoms with Gasteiger partial charge in [-0.05, 0) is 12.1 Å². The van der Waals surface area contributed by atoms with E-state index in [9.17, 15) is 4.79 Å². The summed E-state index contributed by atoms with van der Waals surface area (Å²) in [7, 11) is 0. The van der Waals surface area contributed by atoms with Crippen LogP contribution in [-0.2, 0) is 0 Å². The highest BCUT2D eigenvalue weighted by atomic mass is 16.1. The predicted molar refractivity (Wildman–Crippen MR) is 92.1 cm³/mol. The molecular formula is C21H13NO. The molecule has 2 nitrogen and oxygen atoms in total. The third-order valence-corrected chi connectivity index (χ3v) is 4.55. The lowest BCUT2D eigenvalue weighted by molar-refractivity contribution is 0.104. The molecule has 0 atom stereocenters. The van der Waals surface area contributed by atoms with Gasteiger partial charge in [0.15, 0.2) is 5.78 Å². The maximum Gasteiger partial charge on any atom is 0.194 e. The summed E-state index contributed by atoms with van der Waals surface area (Å²) in [5.41, 5.74) is 4.80. The summed E-state index contributed by atoms with van der Waals surface area (Å²) < 4.78 is 2.19. The number of benzene rings is 3. The van der Waals surface area contributed by atoms with E-state index in [0.29, 0.717) is 0 Å². The summed E-state index contributed by atoms with van der Waals surface area (Å²) in [6, 6.07) is 24.1. The SMILES string of the molecule is O=C1c2ccccc2-c2c3c1cccc3cn2-c1ccccc1. The molecule has 0 N–H and O–H groups in total. The lowest BCUT2D eigenvalue weighted by atomic mass is 9.87. The van der Waals surface area contributed by atoms with Gasteiger partial charge >= 0.3 is 0 Å². The van der Waals surface area contributed by atoms with Gasteiger partial charge < -0.3 is 4.57 Å². The lowest BCUT2D eigenvalue weighted by Crippen LogP contribution is -2.10. The second-order valence-electron chi connectivity index (χ2n) is 5.83. The van der Waals surface area contributed by atoms with Gasteiger partial charge in [0, 0.05) is 39.3 Å². The number of nitrogens with zero attached hydrogens (tertiary/aromatic N) is 1. The summed E-state index contributed by atoms with van der Waals surface area (Å²) >= 11 is 0. The minimum atomic E-state index is 0.115. The number of ketones is 1. The van der Waals surface area contributed by atoms with Crippen LogP contribution in [0.3, 0.4) is 0 Å². The normalized spacial score (nSPS) is 12.4. The number of para-hydroxylation sites is 1. The number of carbonyl (C=O) groups excluding carboxylic acids is 1. The number of hydrogen-bond acceptors (Lipinski definition) is 1. The average Bonchev–Trinajstić information content (AvgIpc) is 3.01. The predicted octanol–water partition coefficient (Wildman–Crippen LogP) is 4.84. The number of fused-ring (bicyclic) bond motifs is 2. The zero-order valence-corrected chi connectivity index (χ0v) is 12.4. The Morgan fingerprint density at radius 1 is 0.652 bits per heavy atom. The molecule has 1 aromatic heterocycles. The van der Waals surface area contributed by atoms with E-state index in [1.807, 2.05) is 54.6 Å². The van der Waals surface area contributed by atoms with Crippen molar-refractivity contribution in [1.29, 1.82) is 0 Å². The molecule has 0 spiro atoms. The fraction of sp³-hybridized carbons (Fsp3) is 0. The summed E-state index contributed by atoms with van der Waals surface area (Å²) in [4.78, 5) is 12.8. The van der Waals surface area contributed by atoms with Crippen molar-refractivity contribution in [2.45, 2.75) is 0 Å². The Morgan fingerprint density at radius 2 is 1.35 bits per heavy atom. The first-order valence-corrected chi connectivity index (χ1v) is 7.68. The van der Waals surface area contributed by atoms with Crippen LogP contribution >= 0.6 is 0 Å². The maximum absolute atomic E-state index is 12.8. The van der Waals surface area contributed by atoms with Crippen molar-refractivity contribution >= 4 is 16.6 Å². The van der Waals surface area contributed by atoms with Crippen LogP contribution in [0.15, 0.2) is 79.0 Å². The van der Waals surface area contributed by atoms with Gasteiger partial charge in [0.05, 0.1) is 5.69 Å². The highest BCUT2D eigenvalue weighted by Crippen LogP contribution is 2.41. The fourth-order valence-corrected chi connectivity index (χ4v) is 3.54. The minimum absolute atomic E-state index is 0.115. The zero-order chi connectivity index (χ0) is 15.4. The first-order valence-electron chi connectivity index (χ1n) is 7.68. The van der Waals surface area contributed by atoms with E-state index < -0.39 is 0 Å². The zero-order valence-electron chi connectivity index (χ0n) is 12.4. The maximum atomic E-state index is 12.8. The van der Waals surface area contributed by atoms with Gasteiger partial charge in [-0.2, -0.15) is 0 Å². The molecule has 0 saturated heterocycles. The first kappa shape index (κ1) is 12.4. The van der Waals surface area contributed by atoms with Gasteiger partial charge in [0.2, 0.25) is 0 Å². The molecule has 0 radical (unpaired) electrons. The number of aromatic nitrogens is 1. The molecule has 23 heavy (non-hydrogen) atoms. The summed E-state index contributed by atoms with van der Waals surface area (Å²) in [6.45, 7) is 0. The van der Waals surface area contributed by atoms with Crippen LogP contribution in [0.25, 0.3) is 27.7 Å². The van der Waals surface area contributed by atoms with Crippen molar-refractivity contribution in [1.82, 2.24) is 4.57 Å². The Kier molecular flexibility index (Phi) is 2.39. The molecule has 0 bridgehead atoms. The molecule has 2 heteroatoms. The van der Waals surface area contributed by atoms with Crippen LogP contribution in [0.2, 0.25) is 0 Å². The number of rotatable bonds is 1. The number of carbonyl (C=O) groups is 1. The van der Waals surface area contributed by atoms with Crippen LogP contribution < -0.4 is 0 Å². The number of hydrogen-bond donors (Lipinski definition) is 0. The molecule has 0 amide bonds. The monoisotopic (exact) mass is 295 g/mol. The van der Waals surface area contributed by atoms with Gasteiger partial charge in [-0.1, -0.05) is 60.7 Å². The van der Waals surface area contributed by atoms with Gasteiger partial charge in [-0.3, -0.25) is 4.79 Å². The van der Waals surface area contributed by atoms with Crippen molar-refractivity contribution in [2.75, 3.05) is 0 Å². The van der Waals surface area contributed by atoms with Crippen LogP contribution in [0.4, 0.5) is 0 Å². The standard InChI is InChI=1S/C21H13NO/c23-21-17-11-5-4-10-16(17)20-19-14(7-6-12-18(19)21)13-22(20)15-8-2-1-3-9-15/h1-13H. The Hall–Kier alpha value is -3.13. The van der Waals surface area contributed by atoms with E-state index in [2.05, 4.69) is 29.0 Å². The van der Waals surface area contributed by atoms with Crippen LogP contribution in [0.1, 0.15) is 15.9 Å². The summed E-state index contributed by atoms with van der Waals surface area (Å²) in [6.07, 6.45) is 2.12. The van der Waals surface area contributed by atoms with Gasteiger partial charge in [-0.25, -0.2) is 0 Å². The van der Waals surface area contributed by atoms with Crippen LogP contribution in [-0.4, -0.2) is 10.4 Å². The molecule has 0 fully saturated rings. The van der Waals surface area contributed by atoms with E-state index in [1.165, 1.54) is 0 Å². The van der Waals surface area contributed by atoms with Gasteiger partial charge in [-0.15, -0.1) is 0 Å². The van der Waals surface area contributed by atoms with Crippen molar-refractivity contribution in [3.63, 3.8) is 0 Å². The Labute approximate surface area is 133 Å². The highest BCUT2D eigenvalue weighted by molar-refractivity contribution is 6.25. The van der Waals surface area contributed by atoms with Crippen molar-refractivity contribution in [2.24, 2.45) is 0 Å². The molecule has 4 aromatic rings. The van der Waals surface area contributed by atoms with Crippen molar-refractivity contribution in [3.8, 4) is 16.9 Å². The van der Waals surface area contributed by atoms with Crippen LogP contribution in [0, 0.1) is 0 Å². The molecule has 108 valence electrons. The second kappa shape index (κ2) is 4.43. The van der Waals surface area contributed by atoms with E-state index >= 15 is 0 Å². The topological polar surface area (TPSA) is 22.0 Å². The largest absolute Gasteiger partial charge is 0.315 e. The van der Waals surface area contributed by atoms with Crippen LogP contribution in [0.5, 0.6) is 0 Å². The Balaban J connectivity index is 1.98. The molecular weight excluding hydrogens is 282 g/mol. The highest BCUT2D eigenvalue weighted by Gasteiger charge is 2.27. The Morgan fingerprint density at radius 3 is 2.17 bits per heavy atom. The lowest BCUT2D eigenvalue weighted by Gasteiger charge is -2.18. The molecule has 1 aliphatic carbocycles. The van der Waals surface area contributed by atoms with Gasteiger partial charge in [0.25, 0.3) is 0 Å². The molecule has 5 rings (SSSR count).